The fourth-order valence-corrected chi connectivity index (χ4v) is 2.70. The fourth-order valence-electron chi connectivity index (χ4n) is 2.70. The molecule has 6 nitrogen and oxygen atoms in total. The highest BCUT2D eigenvalue weighted by Gasteiger charge is 2.19. The summed E-state index contributed by atoms with van der Waals surface area (Å²) in [5, 5.41) is 20.0. The molecule has 1 aromatic heterocycles. The molecule has 0 saturated heterocycles. The van der Waals surface area contributed by atoms with E-state index in [1.807, 2.05) is 54.3 Å². The van der Waals surface area contributed by atoms with Crippen molar-refractivity contribution in [1.29, 1.82) is 0 Å². The Hall–Kier alpha value is -2.89. The Labute approximate surface area is 133 Å². The van der Waals surface area contributed by atoms with E-state index in [0.29, 0.717) is 6.54 Å². The Balaban J connectivity index is 1.99. The number of H-pyrrole nitrogens is 1. The van der Waals surface area contributed by atoms with Gasteiger partial charge in [-0.25, -0.2) is 4.79 Å². The van der Waals surface area contributed by atoms with Gasteiger partial charge >= 0.3 is 5.97 Å². The van der Waals surface area contributed by atoms with Gasteiger partial charge in [0.1, 0.15) is 17.1 Å². The number of aliphatic carboxylic acids is 1. The lowest BCUT2D eigenvalue weighted by molar-refractivity contribution is -0.138. The number of anilines is 1. The van der Waals surface area contributed by atoms with Crippen LogP contribution in [-0.4, -0.2) is 39.1 Å². The molecule has 0 spiro atoms. The molecule has 0 aliphatic rings. The Morgan fingerprint density at radius 3 is 2.65 bits per heavy atom. The average Bonchev–Trinajstić information content (AvgIpc) is 3.03. The maximum atomic E-state index is 11.3. The second-order valence-corrected chi connectivity index (χ2v) is 5.38. The van der Waals surface area contributed by atoms with Crippen LogP contribution in [-0.2, 0) is 4.79 Å². The van der Waals surface area contributed by atoms with Crippen molar-refractivity contribution in [1.82, 2.24) is 15.4 Å². The van der Waals surface area contributed by atoms with E-state index in [0.717, 1.165) is 27.8 Å². The predicted octanol–water partition coefficient (Wildman–Crippen LogP) is 2.92. The molecule has 0 bridgehead atoms. The molecule has 1 atom stereocenters. The Morgan fingerprint density at radius 2 is 1.91 bits per heavy atom. The monoisotopic (exact) mass is 310 g/mol. The van der Waals surface area contributed by atoms with Gasteiger partial charge in [-0.15, -0.1) is 0 Å². The van der Waals surface area contributed by atoms with Crippen LogP contribution in [0.1, 0.15) is 13.8 Å². The zero-order valence-corrected chi connectivity index (χ0v) is 13.0. The van der Waals surface area contributed by atoms with E-state index in [-0.39, 0.29) is 0 Å². The molecular formula is C17H18N4O2. The number of carboxylic acids is 1. The van der Waals surface area contributed by atoms with E-state index in [1.165, 1.54) is 0 Å². The van der Waals surface area contributed by atoms with Crippen molar-refractivity contribution >= 4 is 22.7 Å². The molecule has 1 unspecified atom stereocenters. The van der Waals surface area contributed by atoms with Crippen LogP contribution in [0.5, 0.6) is 0 Å². The van der Waals surface area contributed by atoms with Crippen molar-refractivity contribution in [3.8, 4) is 11.1 Å². The molecule has 0 saturated carbocycles. The number of carbonyl (C=O) groups is 1. The zero-order valence-electron chi connectivity index (χ0n) is 13.0. The highest BCUT2D eigenvalue weighted by molar-refractivity contribution is 5.82. The van der Waals surface area contributed by atoms with Crippen LogP contribution in [0.25, 0.3) is 22.2 Å². The van der Waals surface area contributed by atoms with Crippen LogP contribution in [0.4, 0.5) is 5.69 Å². The van der Waals surface area contributed by atoms with Gasteiger partial charge in [0.15, 0.2) is 0 Å². The molecule has 118 valence electrons. The third kappa shape index (κ3) is 2.88. The summed E-state index contributed by atoms with van der Waals surface area (Å²) in [6, 6.07) is 13.2. The molecule has 6 heteroatoms. The maximum absolute atomic E-state index is 11.3. The molecule has 3 aromatic rings. The Bertz CT molecular complexity index is 843. The highest BCUT2D eigenvalue weighted by Crippen LogP contribution is 2.27. The van der Waals surface area contributed by atoms with E-state index in [1.54, 1.807) is 6.92 Å². The van der Waals surface area contributed by atoms with Crippen molar-refractivity contribution in [3.05, 3.63) is 42.5 Å². The number of aromatic amines is 1. The number of hydrogen-bond donors (Lipinski definition) is 2. The van der Waals surface area contributed by atoms with Crippen molar-refractivity contribution in [2.45, 2.75) is 19.9 Å². The summed E-state index contributed by atoms with van der Waals surface area (Å²) in [6.07, 6.45) is 0. The van der Waals surface area contributed by atoms with Gasteiger partial charge in [-0.05, 0) is 49.2 Å². The molecule has 3 rings (SSSR count). The van der Waals surface area contributed by atoms with Crippen molar-refractivity contribution in [2.24, 2.45) is 0 Å². The smallest absolute Gasteiger partial charge is 0.326 e. The van der Waals surface area contributed by atoms with Gasteiger partial charge in [0, 0.05) is 12.2 Å². The van der Waals surface area contributed by atoms with E-state index < -0.39 is 12.0 Å². The first-order valence-electron chi connectivity index (χ1n) is 7.50. The molecule has 0 aliphatic heterocycles. The standard InChI is InChI=1S/C17H18N4O2/c1-3-21(11(2)17(22)23)14-6-4-5-12(9-14)13-7-8-15-16(10-13)19-20-18-15/h4-11H,3H2,1-2H3,(H,22,23)(H,18,19,20). The van der Waals surface area contributed by atoms with Crippen molar-refractivity contribution in [2.75, 3.05) is 11.4 Å². The first kappa shape index (κ1) is 15.0. The summed E-state index contributed by atoms with van der Waals surface area (Å²) < 4.78 is 0. The van der Waals surface area contributed by atoms with Gasteiger partial charge in [-0.3, -0.25) is 0 Å². The van der Waals surface area contributed by atoms with Crippen molar-refractivity contribution < 1.29 is 9.90 Å². The normalized spacial score (nSPS) is 12.3. The second kappa shape index (κ2) is 6.08. The molecule has 2 aromatic carbocycles. The predicted molar refractivity (Wildman–Crippen MR) is 89.4 cm³/mol. The van der Waals surface area contributed by atoms with Gasteiger partial charge in [0.05, 0.1) is 0 Å². The lowest BCUT2D eigenvalue weighted by Gasteiger charge is -2.27. The van der Waals surface area contributed by atoms with Crippen LogP contribution in [0.2, 0.25) is 0 Å². The summed E-state index contributed by atoms with van der Waals surface area (Å²) in [5.74, 6) is -0.832. The largest absolute Gasteiger partial charge is 0.480 e. The number of aromatic nitrogens is 3. The summed E-state index contributed by atoms with van der Waals surface area (Å²) >= 11 is 0. The number of benzene rings is 2. The summed E-state index contributed by atoms with van der Waals surface area (Å²) in [6.45, 7) is 4.27. The lowest BCUT2D eigenvalue weighted by atomic mass is 10.0. The third-order valence-electron chi connectivity index (χ3n) is 3.99. The number of rotatable bonds is 5. The van der Waals surface area contributed by atoms with E-state index in [9.17, 15) is 9.90 Å². The van der Waals surface area contributed by atoms with Gasteiger partial charge in [0.25, 0.3) is 0 Å². The number of nitrogens with one attached hydrogen (secondary N) is 1. The Kier molecular flexibility index (Phi) is 3.97. The van der Waals surface area contributed by atoms with Gasteiger partial charge in [0.2, 0.25) is 0 Å². The number of carboxylic acid groups (broad SMARTS) is 1. The van der Waals surface area contributed by atoms with Crippen LogP contribution in [0.3, 0.4) is 0 Å². The third-order valence-corrected chi connectivity index (χ3v) is 3.99. The van der Waals surface area contributed by atoms with Gasteiger partial charge in [-0.1, -0.05) is 18.2 Å². The van der Waals surface area contributed by atoms with Gasteiger partial charge < -0.3 is 10.0 Å². The molecule has 0 radical (unpaired) electrons. The van der Waals surface area contributed by atoms with E-state index >= 15 is 0 Å². The minimum absolute atomic E-state index is 0.576. The minimum Gasteiger partial charge on any atom is -0.480 e. The summed E-state index contributed by atoms with van der Waals surface area (Å²) in [7, 11) is 0. The summed E-state index contributed by atoms with van der Waals surface area (Å²) in [4.78, 5) is 13.1. The van der Waals surface area contributed by atoms with Crippen LogP contribution < -0.4 is 4.90 Å². The van der Waals surface area contributed by atoms with Gasteiger partial charge in [-0.2, -0.15) is 15.4 Å². The molecule has 2 N–H and O–H groups in total. The first-order valence-corrected chi connectivity index (χ1v) is 7.50. The first-order chi connectivity index (χ1) is 11.1. The number of nitrogens with zero attached hydrogens (tertiary/aromatic N) is 3. The fraction of sp³-hybridized carbons (Fsp3) is 0.235. The molecule has 23 heavy (non-hydrogen) atoms. The van der Waals surface area contributed by atoms with Crippen LogP contribution in [0, 0.1) is 0 Å². The molecule has 0 fully saturated rings. The molecule has 1 heterocycles. The van der Waals surface area contributed by atoms with E-state index in [4.69, 9.17) is 0 Å². The number of likely N-dealkylation sites (N-methyl/N-ethyl adjacent to an activating group) is 1. The lowest BCUT2D eigenvalue weighted by Crippen LogP contribution is -2.38. The number of hydrogen-bond acceptors (Lipinski definition) is 4. The highest BCUT2D eigenvalue weighted by atomic mass is 16.4. The average molecular weight is 310 g/mol. The molecular weight excluding hydrogens is 292 g/mol. The van der Waals surface area contributed by atoms with Crippen LogP contribution in [0.15, 0.2) is 42.5 Å². The maximum Gasteiger partial charge on any atom is 0.326 e. The summed E-state index contributed by atoms with van der Waals surface area (Å²) in [5.41, 5.74) is 4.55. The van der Waals surface area contributed by atoms with Crippen LogP contribution >= 0.6 is 0 Å². The van der Waals surface area contributed by atoms with Crippen molar-refractivity contribution in [3.63, 3.8) is 0 Å². The second-order valence-electron chi connectivity index (χ2n) is 5.38. The van der Waals surface area contributed by atoms with E-state index in [2.05, 4.69) is 15.4 Å². The topological polar surface area (TPSA) is 82.1 Å². The minimum atomic E-state index is -0.832. The quantitative estimate of drug-likeness (QED) is 0.757. The molecule has 0 aliphatic carbocycles. The zero-order chi connectivity index (χ0) is 16.4. The Morgan fingerprint density at radius 1 is 1.17 bits per heavy atom. The number of fused-ring (bicyclic) bond motifs is 1. The molecule has 0 amide bonds. The SMILES string of the molecule is CCN(c1cccc(-c2ccc3n[nH]nc3c2)c1)C(C)C(=O)O.